The molecule has 0 unspecified atom stereocenters. The highest BCUT2D eigenvalue weighted by atomic mass is 16.5. The SMILES string of the molecule is CC1(CNCCOc2ccccc2C(=O)O)CC1. The maximum absolute atomic E-state index is 11.0. The normalized spacial score (nSPS) is 16.3. The summed E-state index contributed by atoms with van der Waals surface area (Å²) in [5.41, 5.74) is 0.700. The van der Waals surface area contributed by atoms with Crippen LogP contribution in [0.3, 0.4) is 0 Å². The van der Waals surface area contributed by atoms with Crippen LogP contribution in [0, 0.1) is 5.41 Å². The number of ether oxygens (including phenoxy) is 1. The predicted octanol–water partition coefficient (Wildman–Crippen LogP) is 2.15. The fourth-order valence-corrected chi connectivity index (χ4v) is 1.78. The molecule has 0 radical (unpaired) electrons. The smallest absolute Gasteiger partial charge is 0.339 e. The number of nitrogens with one attached hydrogen (secondary N) is 1. The molecule has 0 aliphatic heterocycles. The van der Waals surface area contributed by atoms with E-state index in [1.807, 2.05) is 0 Å². The molecule has 4 heteroatoms. The third-order valence-electron chi connectivity index (χ3n) is 3.31. The summed E-state index contributed by atoms with van der Waals surface area (Å²) in [5.74, 6) is -0.520. The lowest BCUT2D eigenvalue weighted by Crippen LogP contribution is -2.26. The highest BCUT2D eigenvalue weighted by molar-refractivity contribution is 5.90. The molecule has 4 nitrogen and oxygen atoms in total. The van der Waals surface area contributed by atoms with E-state index >= 15 is 0 Å². The quantitative estimate of drug-likeness (QED) is 0.727. The molecule has 2 rings (SSSR count). The fourth-order valence-electron chi connectivity index (χ4n) is 1.78. The van der Waals surface area contributed by atoms with Gasteiger partial charge in [0.25, 0.3) is 0 Å². The monoisotopic (exact) mass is 249 g/mol. The fraction of sp³-hybridized carbons (Fsp3) is 0.500. The third-order valence-corrected chi connectivity index (χ3v) is 3.31. The maximum Gasteiger partial charge on any atom is 0.339 e. The lowest BCUT2D eigenvalue weighted by molar-refractivity contribution is 0.0692. The first-order valence-electron chi connectivity index (χ1n) is 6.27. The molecule has 1 aromatic carbocycles. The van der Waals surface area contributed by atoms with Crippen molar-refractivity contribution in [2.45, 2.75) is 19.8 Å². The van der Waals surface area contributed by atoms with Gasteiger partial charge in [0.15, 0.2) is 0 Å². The third kappa shape index (κ3) is 3.47. The lowest BCUT2D eigenvalue weighted by Gasteiger charge is -2.12. The molecule has 0 heterocycles. The molecule has 0 amide bonds. The van der Waals surface area contributed by atoms with Gasteiger partial charge < -0.3 is 15.2 Å². The van der Waals surface area contributed by atoms with Gasteiger partial charge in [-0.15, -0.1) is 0 Å². The summed E-state index contributed by atoms with van der Waals surface area (Å²) in [5, 5.41) is 12.3. The van der Waals surface area contributed by atoms with Crippen molar-refractivity contribution in [1.82, 2.24) is 5.32 Å². The standard InChI is InChI=1S/C14H19NO3/c1-14(6-7-14)10-15-8-9-18-12-5-3-2-4-11(12)13(16)17/h2-5,15H,6-10H2,1H3,(H,16,17). The van der Waals surface area contributed by atoms with Crippen molar-refractivity contribution in [3.05, 3.63) is 29.8 Å². The van der Waals surface area contributed by atoms with Crippen molar-refractivity contribution in [1.29, 1.82) is 0 Å². The number of hydrogen-bond acceptors (Lipinski definition) is 3. The van der Waals surface area contributed by atoms with Crippen LogP contribution in [0.5, 0.6) is 5.75 Å². The van der Waals surface area contributed by atoms with E-state index in [9.17, 15) is 4.79 Å². The van der Waals surface area contributed by atoms with Crippen LogP contribution in [0.25, 0.3) is 0 Å². The van der Waals surface area contributed by atoms with Crippen LogP contribution in [0.4, 0.5) is 0 Å². The summed E-state index contributed by atoms with van der Waals surface area (Å²) in [6.07, 6.45) is 2.59. The van der Waals surface area contributed by atoms with E-state index in [0.29, 0.717) is 17.8 Å². The Kier molecular flexibility index (Phi) is 3.87. The van der Waals surface area contributed by atoms with Crippen molar-refractivity contribution < 1.29 is 14.6 Å². The average Bonchev–Trinajstić information content (AvgIpc) is 3.07. The average molecular weight is 249 g/mol. The molecular weight excluding hydrogens is 230 g/mol. The van der Waals surface area contributed by atoms with Gasteiger partial charge in [-0.25, -0.2) is 4.79 Å². The van der Waals surface area contributed by atoms with Crippen LogP contribution in [0.2, 0.25) is 0 Å². The van der Waals surface area contributed by atoms with Crippen molar-refractivity contribution in [3.8, 4) is 5.75 Å². The zero-order chi connectivity index (χ0) is 13.0. The highest BCUT2D eigenvalue weighted by Gasteiger charge is 2.36. The molecule has 1 aromatic rings. The van der Waals surface area contributed by atoms with Gasteiger partial charge in [0.1, 0.15) is 17.9 Å². The Morgan fingerprint density at radius 2 is 2.17 bits per heavy atom. The maximum atomic E-state index is 11.0. The summed E-state index contributed by atoms with van der Waals surface area (Å²) in [6, 6.07) is 6.71. The molecule has 98 valence electrons. The van der Waals surface area contributed by atoms with Gasteiger partial charge in [0.2, 0.25) is 0 Å². The summed E-state index contributed by atoms with van der Waals surface area (Å²) in [7, 11) is 0. The van der Waals surface area contributed by atoms with E-state index in [0.717, 1.165) is 13.1 Å². The van der Waals surface area contributed by atoms with E-state index in [-0.39, 0.29) is 5.56 Å². The lowest BCUT2D eigenvalue weighted by atomic mass is 10.1. The number of hydrogen-bond donors (Lipinski definition) is 2. The number of carboxylic acid groups (broad SMARTS) is 1. The van der Waals surface area contributed by atoms with E-state index in [2.05, 4.69) is 12.2 Å². The van der Waals surface area contributed by atoms with Crippen molar-refractivity contribution in [3.63, 3.8) is 0 Å². The molecule has 1 saturated carbocycles. The Labute approximate surface area is 107 Å². The highest BCUT2D eigenvalue weighted by Crippen LogP contribution is 2.43. The molecule has 1 aliphatic carbocycles. The molecule has 0 atom stereocenters. The van der Waals surface area contributed by atoms with Crippen LogP contribution >= 0.6 is 0 Å². The molecule has 1 fully saturated rings. The van der Waals surface area contributed by atoms with Crippen molar-refractivity contribution in [2.75, 3.05) is 19.7 Å². The molecule has 0 spiro atoms. The van der Waals surface area contributed by atoms with Crippen LogP contribution in [0.1, 0.15) is 30.1 Å². The van der Waals surface area contributed by atoms with E-state index in [4.69, 9.17) is 9.84 Å². The van der Waals surface area contributed by atoms with E-state index < -0.39 is 5.97 Å². The molecule has 0 aromatic heterocycles. The number of para-hydroxylation sites is 1. The first kappa shape index (κ1) is 12.9. The summed E-state index contributed by atoms with van der Waals surface area (Å²) in [6.45, 7) is 4.50. The predicted molar refractivity (Wildman–Crippen MR) is 69.1 cm³/mol. The Morgan fingerprint density at radius 3 is 2.83 bits per heavy atom. The van der Waals surface area contributed by atoms with Gasteiger partial charge in [-0.05, 0) is 30.4 Å². The Balaban J connectivity index is 1.74. The van der Waals surface area contributed by atoms with Gasteiger partial charge in [0.05, 0.1) is 0 Å². The van der Waals surface area contributed by atoms with Crippen LogP contribution in [0.15, 0.2) is 24.3 Å². The minimum Gasteiger partial charge on any atom is -0.491 e. The van der Waals surface area contributed by atoms with Gasteiger partial charge in [-0.2, -0.15) is 0 Å². The molecule has 1 aliphatic rings. The minimum atomic E-state index is -0.955. The zero-order valence-electron chi connectivity index (χ0n) is 10.6. The second-order valence-corrected chi connectivity index (χ2v) is 5.14. The van der Waals surface area contributed by atoms with Gasteiger partial charge >= 0.3 is 5.97 Å². The number of carbonyl (C=O) groups is 1. The number of aromatic carboxylic acids is 1. The largest absolute Gasteiger partial charge is 0.491 e. The van der Waals surface area contributed by atoms with E-state index in [1.54, 1.807) is 24.3 Å². The van der Waals surface area contributed by atoms with Crippen LogP contribution in [-0.2, 0) is 0 Å². The van der Waals surface area contributed by atoms with Gasteiger partial charge in [-0.3, -0.25) is 0 Å². The molecule has 18 heavy (non-hydrogen) atoms. The summed E-state index contributed by atoms with van der Waals surface area (Å²) < 4.78 is 5.49. The molecule has 2 N–H and O–H groups in total. The molecular formula is C14H19NO3. The first-order valence-corrected chi connectivity index (χ1v) is 6.27. The molecule has 0 saturated heterocycles. The Bertz CT molecular complexity index is 427. The number of rotatable bonds is 7. The summed E-state index contributed by atoms with van der Waals surface area (Å²) in [4.78, 5) is 11.0. The van der Waals surface area contributed by atoms with Crippen LogP contribution < -0.4 is 10.1 Å². The second kappa shape index (κ2) is 5.40. The topological polar surface area (TPSA) is 58.6 Å². The Morgan fingerprint density at radius 1 is 1.44 bits per heavy atom. The minimum absolute atomic E-state index is 0.214. The second-order valence-electron chi connectivity index (χ2n) is 5.14. The van der Waals surface area contributed by atoms with Gasteiger partial charge in [0, 0.05) is 13.1 Å². The van der Waals surface area contributed by atoms with Crippen LogP contribution in [-0.4, -0.2) is 30.8 Å². The van der Waals surface area contributed by atoms with Crippen molar-refractivity contribution in [2.24, 2.45) is 5.41 Å². The van der Waals surface area contributed by atoms with Crippen molar-refractivity contribution >= 4 is 5.97 Å². The molecule has 0 bridgehead atoms. The first-order chi connectivity index (χ1) is 8.61. The number of carboxylic acids is 1. The summed E-state index contributed by atoms with van der Waals surface area (Å²) >= 11 is 0. The zero-order valence-corrected chi connectivity index (χ0v) is 10.6. The van der Waals surface area contributed by atoms with Gasteiger partial charge in [-0.1, -0.05) is 19.1 Å². The van der Waals surface area contributed by atoms with E-state index in [1.165, 1.54) is 12.8 Å². The number of benzene rings is 1. The Hall–Kier alpha value is -1.55.